The second-order valence-electron chi connectivity index (χ2n) is 3.51. The van der Waals surface area contributed by atoms with E-state index >= 15 is 0 Å². The second-order valence-corrected chi connectivity index (χ2v) is 3.92. The molecule has 1 nitrogen and oxygen atoms in total. The van der Waals surface area contributed by atoms with E-state index in [-0.39, 0.29) is 0 Å². The van der Waals surface area contributed by atoms with E-state index in [1.807, 2.05) is 30.3 Å². The normalized spacial score (nSPS) is 10.2. The summed E-state index contributed by atoms with van der Waals surface area (Å²) in [5.41, 5.74) is 8.70. The first kappa shape index (κ1) is 10.1. The van der Waals surface area contributed by atoms with Crippen molar-refractivity contribution in [3.63, 3.8) is 0 Å². The number of nitrogen functional groups attached to an aromatic ring is 1. The van der Waals surface area contributed by atoms with Gasteiger partial charge in [0.05, 0.1) is 0 Å². The molecule has 0 aromatic heterocycles. The van der Waals surface area contributed by atoms with Crippen molar-refractivity contribution in [2.75, 3.05) is 5.73 Å². The number of hydrogen-bond donors (Lipinski definition) is 1. The number of nitrogens with two attached hydrogens (primary N) is 1. The van der Waals surface area contributed by atoms with Crippen molar-refractivity contribution in [2.24, 2.45) is 0 Å². The molecule has 76 valence electrons. The van der Waals surface area contributed by atoms with Crippen LogP contribution in [0.2, 0.25) is 5.02 Å². The molecule has 0 radical (unpaired) electrons. The minimum atomic E-state index is 0.705. The predicted octanol–water partition coefficient (Wildman–Crippen LogP) is 3.51. The Hall–Kier alpha value is -1.47. The fraction of sp³-hybridized carbons (Fsp3) is 0.0769. The molecular formula is C13H12ClN. The van der Waals surface area contributed by atoms with Gasteiger partial charge in [0.1, 0.15) is 0 Å². The average molecular weight is 218 g/mol. The highest BCUT2D eigenvalue weighted by Gasteiger charge is 2.01. The van der Waals surface area contributed by atoms with Gasteiger partial charge in [-0.25, -0.2) is 0 Å². The van der Waals surface area contributed by atoms with Crippen LogP contribution in [0.1, 0.15) is 11.1 Å². The Bertz CT molecular complexity index is 451. The SMILES string of the molecule is Nc1ccc(Cc2ccccc2)c(Cl)c1. The Balaban J connectivity index is 2.25. The molecule has 0 aliphatic rings. The van der Waals surface area contributed by atoms with Gasteiger partial charge >= 0.3 is 0 Å². The summed E-state index contributed by atoms with van der Waals surface area (Å²) in [7, 11) is 0. The van der Waals surface area contributed by atoms with Gasteiger partial charge in [0.15, 0.2) is 0 Å². The lowest BCUT2D eigenvalue weighted by Crippen LogP contribution is -1.91. The fourth-order valence-corrected chi connectivity index (χ4v) is 1.78. The van der Waals surface area contributed by atoms with Crippen LogP contribution in [-0.2, 0) is 6.42 Å². The number of benzene rings is 2. The van der Waals surface area contributed by atoms with Crippen molar-refractivity contribution in [1.29, 1.82) is 0 Å². The highest BCUT2D eigenvalue weighted by molar-refractivity contribution is 6.31. The zero-order valence-electron chi connectivity index (χ0n) is 8.28. The Morgan fingerprint density at radius 3 is 2.40 bits per heavy atom. The van der Waals surface area contributed by atoms with E-state index in [1.54, 1.807) is 6.07 Å². The Morgan fingerprint density at radius 1 is 1.00 bits per heavy atom. The highest BCUT2D eigenvalue weighted by Crippen LogP contribution is 2.21. The molecule has 0 atom stereocenters. The molecule has 2 N–H and O–H groups in total. The number of rotatable bonds is 2. The van der Waals surface area contributed by atoms with Crippen molar-refractivity contribution in [3.8, 4) is 0 Å². The van der Waals surface area contributed by atoms with Gasteiger partial charge in [0, 0.05) is 10.7 Å². The maximum absolute atomic E-state index is 6.10. The first-order valence-electron chi connectivity index (χ1n) is 4.83. The molecule has 2 rings (SSSR count). The summed E-state index contributed by atoms with van der Waals surface area (Å²) in [5.74, 6) is 0. The smallest absolute Gasteiger partial charge is 0.0461 e. The van der Waals surface area contributed by atoms with E-state index in [9.17, 15) is 0 Å². The first-order valence-corrected chi connectivity index (χ1v) is 5.21. The van der Waals surface area contributed by atoms with Gasteiger partial charge in [0.25, 0.3) is 0 Å². The number of halogens is 1. The molecule has 0 aliphatic heterocycles. The molecule has 15 heavy (non-hydrogen) atoms. The lowest BCUT2D eigenvalue weighted by Gasteiger charge is -2.05. The summed E-state index contributed by atoms with van der Waals surface area (Å²) in [5, 5.41) is 0.735. The Kier molecular flexibility index (Phi) is 2.93. The molecule has 0 fully saturated rings. The summed E-state index contributed by atoms with van der Waals surface area (Å²) < 4.78 is 0. The van der Waals surface area contributed by atoms with Crippen molar-refractivity contribution in [3.05, 3.63) is 64.7 Å². The van der Waals surface area contributed by atoms with Crippen molar-refractivity contribution in [2.45, 2.75) is 6.42 Å². The summed E-state index contributed by atoms with van der Waals surface area (Å²) in [6, 6.07) is 15.9. The minimum Gasteiger partial charge on any atom is -0.399 e. The number of hydrogen-bond acceptors (Lipinski definition) is 1. The standard InChI is InChI=1S/C13H12ClN/c14-13-9-12(15)7-6-11(13)8-10-4-2-1-3-5-10/h1-7,9H,8,15H2. The van der Waals surface area contributed by atoms with Crippen molar-refractivity contribution >= 4 is 17.3 Å². The van der Waals surface area contributed by atoms with Crippen LogP contribution < -0.4 is 5.73 Å². The van der Waals surface area contributed by atoms with Crippen molar-refractivity contribution in [1.82, 2.24) is 0 Å². The minimum absolute atomic E-state index is 0.705. The van der Waals surface area contributed by atoms with E-state index < -0.39 is 0 Å². The van der Waals surface area contributed by atoms with E-state index in [4.69, 9.17) is 17.3 Å². The van der Waals surface area contributed by atoms with Gasteiger partial charge in [-0.2, -0.15) is 0 Å². The van der Waals surface area contributed by atoms with E-state index in [0.29, 0.717) is 5.69 Å². The zero-order chi connectivity index (χ0) is 10.7. The summed E-state index contributed by atoms with van der Waals surface area (Å²) in [4.78, 5) is 0. The molecule has 2 heteroatoms. The summed E-state index contributed by atoms with van der Waals surface area (Å²) in [6.45, 7) is 0. The average Bonchev–Trinajstić information content (AvgIpc) is 2.24. The topological polar surface area (TPSA) is 26.0 Å². The third-order valence-electron chi connectivity index (χ3n) is 2.31. The molecule has 0 unspecified atom stereocenters. The van der Waals surface area contributed by atoms with Gasteiger partial charge in [-0.1, -0.05) is 48.0 Å². The zero-order valence-corrected chi connectivity index (χ0v) is 9.04. The van der Waals surface area contributed by atoms with Crippen LogP contribution in [0.5, 0.6) is 0 Å². The molecule has 0 bridgehead atoms. The van der Waals surface area contributed by atoms with E-state index in [2.05, 4.69) is 12.1 Å². The van der Waals surface area contributed by atoms with Gasteiger partial charge in [-0.15, -0.1) is 0 Å². The maximum atomic E-state index is 6.10. The van der Waals surface area contributed by atoms with Gasteiger partial charge in [-0.3, -0.25) is 0 Å². The van der Waals surface area contributed by atoms with Crippen LogP contribution in [0.3, 0.4) is 0 Å². The lowest BCUT2D eigenvalue weighted by atomic mass is 10.0. The molecule has 2 aromatic rings. The van der Waals surface area contributed by atoms with Crippen LogP contribution in [0.4, 0.5) is 5.69 Å². The number of anilines is 1. The predicted molar refractivity (Wildman–Crippen MR) is 65.1 cm³/mol. The molecule has 0 saturated heterocycles. The van der Waals surface area contributed by atoms with Gasteiger partial charge in [0.2, 0.25) is 0 Å². The first-order chi connectivity index (χ1) is 7.25. The Labute approximate surface area is 94.5 Å². The third-order valence-corrected chi connectivity index (χ3v) is 2.67. The van der Waals surface area contributed by atoms with E-state index in [1.165, 1.54) is 5.56 Å². The highest BCUT2D eigenvalue weighted by atomic mass is 35.5. The van der Waals surface area contributed by atoms with Crippen LogP contribution in [0.15, 0.2) is 48.5 Å². The monoisotopic (exact) mass is 217 g/mol. The molecule has 0 aliphatic carbocycles. The molecule has 0 amide bonds. The molecule has 2 aromatic carbocycles. The third kappa shape index (κ3) is 2.51. The lowest BCUT2D eigenvalue weighted by molar-refractivity contribution is 1.19. The van der Waals surface area contributed by atoms with Crippen LogP contribution >= 0.6 is 11.6 Å². The maximum Gasteiger partial charge on any atom is 0.0461 e. The second kappa shape index (κ2) is 4.37. The van der Waals surface area contributed by atoms with Gasteiger partial charge < -0.3 is 5.73 Å². The summed E-state index contributed by atoms with van der Waals surface area (Å²) >= 11 is 6.10. The molecule has 0 spiro atoms. The quantitative estimate of drug-likeness (QED) is 0.766. The molecule has 0 saturated carbocycles. The van der Waals surface area contributed by atoms with Crippen LogP contribution in [0.25, 0.3) is 0 Å². The fourth-order valence-electron chi connectivity index (χ4n) is 1.52. The van der Waals surface area contributed by atoms with Crippen LogP contribution in [-0.4, -0.2) is 0 Å². The molecular weight excluding hydrogens is 206 g/mol. The summed E-state index contributed by atoms with van der Waals surface area (Å²) in [6.07, 6.45) is 0.847. The van der Waals surface area contributed by atoms with E-state index in [0.717, 1.165) is 17.0 Å². The van der Waals surface area contributed by atoms with Crippen LogP contribution in [0, 0.1) is 0 Å². The largest absolute Gasteiger partial charge is 0.399 e. The van der Waals surface area contributed by atoms with Crippen molar-refractivity contribution < 1.29 is 0 Å². The molecule has 0 heterocycles. The Morgan fingerprint density at radius 2 is 1.73 bits per heavy atom. The van der Waals surface area contributed by atoms with Gasteiger partial charge in [-0.05, 0) is 29.7 Å².